The first kappa shape index (κ1) is 33.1. The number of thiophene rings is 1. The molecule has 4 heterocycles. The maximum atomic E-state index is 4.92. The standard InChI is InChI=1S/C29H17N2S.C14H16GeN.Ir/c1-2-9-19(10-3-1)31-26-15-6-4-11-20(26)24-18-30-25(17-27(24)31)23-14-8-13-22-21-12-5-7-16-28(21)32-29(22)23;1-15(2,3)13-9-10-14(16-11-13)12-7-5-4-6-8-12;/h1-13,15-18H;4-7,9-11H,1-3H3;/q2*-1;. The third-order valence-corrected chi connectivity index (χ3v) is 14.2. The Hall–Kier alpha value is -4.39. The molecular weight excluding hydrogens is 855 g/mol. The van der Waals surface area contributed by atoms with Crippen LogP contribution in [0.3, 0.4) is 0 Å². The normalized spacial score (nSPS) is 11.4. The van der Waals surface area contributed by atoms with Crippen molar-refractivity contribution in [3.05, 3.63) is 158 Å². The van der Waals surface area contributed by atoms with Gasteiger partial charge >= 0.3 is 99.8 Å². The summed E-state index contributed by atoms with van der Waals surface area (Å²) in [7, 11) is 0. The number of rotatable bonds is 4. The smallest absolute Gasteiger partial charge is 0.0541 e. The van der Waals surface area contributed by atoms with Crippen LogP contribution in [0.2, 0.25) is 17.3 Å². The molecule has 0 atom stereocenters. The zero-order valence-corrected chi connectivity index (χ0v) is 32.7. The van der Waals surface area contributed by atoms with E-state index < -0.39 is 13.3 Å². The number of hydrogen-bond acceptors (Lipinski definition) is 3. The first-order valence-electron chi connectivity index (χ1n) is 16.2. The topological polar surface area (TPSA) is 30.7 Å². The van der Waals surface area contributed by atoms with Crippen LogP contribution in [0, 0.1) is 12.1 Å². The zero-order valence-electron chi connectivity index (χ0n) is 27.4. The number of nitrogens with zero attached hydrogens (tertiary/aromatic N) is 3. The van der Waals surface area contributed by atoms with E-state index >= 15 is 0 Å². The van der Waals surface area contributed by atoms with Crippen molar-refractivity contribution in [2.45, 2.75) is 17.3 Å². The predicted molar refractivity (Wildman–Crippen MR) is 207 cm³/mol. The first-order chi connectivity index (χ1) is 23.5. The molecule has 9 aromatic rings. The Morgan fingerprint density at radius 3 is 2.08 bits per heavy atom. The van der Waals surface area contributed by atoms with Crippen LogP contribution in [0.25, 0.3) is 70.2 Å². The number of hydrogen-bond donors (Lipinski definition) is 0. The Morgan fingerprint density at radius 1 is 0.592 bits per heavy atom. The second-order valence-electron chi connectivity index (χ2n) is 12.9. The molecule has 0 unspecified atom stereocenters. The van der Waals surface area contributed by atoms with Gasteiger partial charge in [-0.05, 0) is 40.0 Å². The third kappa shape index (κ3) is 6.40. The Balaban J connectivity index is 0.000000189. The molecule has 6 heteroatoms. The first-order valence-corrected chi connectivity index (χ1v) is 24.3. The second kappa shape index (κ2) is 13.9. The van der Waals surface area contributed by atoms with Gasteiger partial charge in [-0.3, -0.25) is 0 Å². The van der Waals surface area contributed by atoms with Gasteiger partial charge in [-0.2, -0.15) is 11.3 Å². The fourth-order valence-electron chi connectivity index (χ4n) is 6.29. The maximum Gasteiger partial charge on any atom is 0.0541 e. The molecule has 1 radical (unpaired) electrons. The molecule has 4 aromatic heterocycles. The Bertz CT molecular complexity index is 2530. The Kier molecular flexibility index (Phi) is 9.36. The van der Waals surface area contributed by atoms with Gasteiger partial charge < -0.3 is 9.55 Å². The number of pyridine rings is 2. The van der Waals surface area contributed by atoms with Gasteiger partial charge in [0.15, 0.2) is 0 Å². The molecule has 241 valence electrons. The fourth-order valence-corrected chi connectivity index (χ4v) is 9.67. The molecule has 0 N–H and O–H groups in total. The third-order valence-electron chi connectivity index (χ3n) is 8.78. The molecule has 49 heavy (non-hydrogen) atoms. The quantitative estimate of drug-likeness (QED) is 0.130. The Labute approximate surface area is 307 Å². The van der Waals surface area contributed by atoms with Crippen LogP contribution in [0.15, 0.2) is 146 Å². The van der Waals surface area contributed by atoms with Crippen LogP contribution in [-0.2, 0) is 20.1 Å². The van der Waals surface area contributed by atoms with Gasteiger partial charge in [-0.25, -0.2) is 0 Å². The minimum atomic E-state index is -1.72. The molecule has 0 bridgehead atoms. The summed E-state index contributed by atoms with van der Waals surface area (Å²) in [6.07, 6.45) is 4.06. The summed E-state index contributed by atoms with van der Waals surface area (Å²) in [5.74, 6) is 7.14. The summed E-state index contributed by atoms with van der Waals surface area (Å²) in [6.45, 7) is 0. The van der Waals surface area contributed by atoms with Crippen molar-refractivity contribution in [1.29, 1.82) is 0 Å². The molecule has 5 aromatic carbocycles. The average Bonchev–Trinajstić information content (AvgIpc) is 3.68. The van der Waals surface area contributed by atoms with E-state index in [0.717, 1.165) is 39.1 Å². The van der Waals surface area contributed by atoms with E-state index in [9.17, 15) is 0 Å². The largest absolute Gasteiger partial charge is 0.310 e. The van der Waals surface area contributed by atoms with E-state index in [1.54, 1.807) is 0 Å². The summed E-state index contributed by atoms with van der Waals surface area (Å²) in [5, 5.41) is 4.94. The van der Waals surface area contributed by atoms with Crippen LogP contribution >= 0.6 is 11.3 Å². The molecule has 9 rings (SSSR count). The number of aromatic nitrogens is 3. The van der Waals surface area contributed by atoms with E-state index in [1.807, 2.05) is 54.1 Å². The molecule has 3 nitrogen and oxygen atoms in total. The van der Waals surface area contributed by atoms with Crippen LogP contribution in [-0.4, -0.2) is 27.8 Å². The zero-order chi connectivity index (χ0) is 32.7. The van der Waals surface area contributed by atoms with Gasteiger partial charge in [-0.1, -0.05) is 66.0 Å². The molecule has 0 fully saturated rings. The molecule has 0 spiro atoms. The van der Waals surface area contributed by atoms with Gasteiger partial charge in [0.25, 0.3) is 0 Å². The van der Waals surface area contributed by atoms with Crippen molar-refractivity contribution < 1.29 is 20.1 Å². The van der Waals surface area contributed by atoms with Crippen LogP contribution in [0.5, 0.6) is 0 Å². The summed E-state index contributed by atoms with van der Waals surface area (Å²) in [4.78, 5) is 9.45. The maximum absolute atomic E-state index is 4.92. The Morgan fingerprint density at radius 2 is 1.33 bits per heavy atom. The van der Waals surface area contributed by atoms with Gasteiger partial charge in [-0.15, -0.1) is 23.8 Å². The average molecular weight is 889 g/mol. The molecule has 0 aliphatic heterocycles. The molecule has 0 amide bonds. The van der Waals surface area contributed by atoms with Crippen LogP contribution in [0.1, 0.15) is 0 Å². The second-order valence-corrected chi connectivity index (χ2v) is 24.6. The van der Waals surface area contributed by atoms with Crippen molar-refractivity contribution in [2.24, 2.45) is 0 Å². The molecule has 0 aliphatic rings. The summed E-state index contributed by atoms with van der Waals surface area (Å²) < 4.78 is 6.31. The number of benzene rings is 5. The molecule has 0 saturated heterocycles. The van der Waals surface area contributed by atoms with E-state index in [-0.39, 0.29) is 20.1 Å². The molecular formula is C43H33GeIrN3S-2. The van der Waals surface area contributed by atoms with Crippen molar-refractivity contribution in [3.8, 4) is 28.2 Å². The summed E-state index contributed by atoms with van der Waals surface area (Å²) in [6, 6.07) is 53.1. The van der Waals surface area contributed by atoms with E-state index in [2.05, 4.69) is 142 Å². The van der Waals surface area contributed by atoms with Gasteiger partial charge in [0.1, 0.15) is 0 Å². The minimum Gasteiger partial charge on any atom is -0.310 e. The molecule has 0 saturated carbocycles. The predicted octanol–water partition coefficient (Wildman–Crippen LogP) is 11.1. The monoisotopic (exact) mass is 890 g/mol. The summed E-state index contributed by atoms with van der Waals surface area (Å²) >= 11 is 0.100. The van der Waals surface area contributed by atoms with Gasteiger partial charge in [0, 0.05) is 53.0 Å². The minimum absolute atomic E-state index is 0. The SMILES string of the molecule is [CH3][Ge]([CH3])([CH3])[c]1ccc(-c2[c-]cccc2)nc1.[Ir].[c-]1ccc2c(sc3ccccc32)c1-c1cc2c(cn1)c1ccccc1n2-c1ccccc1. The van der Waals surface area contributed by atoms with E-state index in [1.165, 1.54) is 35.5 Å². The van der Waals surface area contributed by atoms with Crippen molar-refractivity contribution in [3.63, 3.8) is 0 Å². The number of para-hydroxylation sites is 2. The van der Waals surface area contributed by atoms with Crippen molar-refractivity contribution >= 4 is 71.0 Å². The van der Waals surface area contributed by atoms with Gasteiger partial charge in [0.05, 0.1) is 5.52 Å². The van der Waals surface area contributed by atoms with Crippen LogP contribution in [0.4, 0.5) is 0 Å². The van der Waals surface area contributed by atoms with E-state index in [4.69, 9.17) is 4.98 Å². The van der Waals surface area contributed by atoms with Gasteiger partial charge in [0.2, 0.25) is 0 Å². The van der Waals surface area contributed by atoms with Crippen molar-refractivity contribution in [2.75, 3.05) is 0 Å². The van der Waals surface area contributed by atoms with Crippen molar-refractivity contribution in [1.82, 2.24) is 14.5 Å². The van der Waals surface area contributed by atoms with Crippen LogP contribution < -0.4 is 4.40 Å². The molecule has 0 aliphatic carbocycles. The summed E-state index contributed by atoms with van der Waals surface area (Å²) in [5.41, 5.74) is 7.60. The number of fused-ring (bicyclic) bond motifs is 6. The fraction of sp³-hybridized carbons (Fsp3) is 0.0698. The van der Waals surface area contributed by atoms with E-state index in [0.29, 0.717) is 0 Å².